The Kier molecular flexibility index (Phi) is 7.95. The van der Waals surface area contributed by atoms with Gasteiger partial charge in [0.1, 0.15) is 24.2 Å². The number of carbonyl (C=O) groups is 3. The Morgan fingerprint density at radius 2 is 1.94 bits per heavy atom. The van der Waals surface area contributed by atoms with Crippen molar-refractivity contribution >= 4 is 17.8 Å². The van der Waals surface area contributed by atoms with Gasteiger partial charge in [-0.3, -0.25) is 14.4 Å². The summed E-state index contributed by atoms with van der Waals surface area (Å²) in [5.41, 5.74) is -1.95. The van der Waals surface area contributed by atoms with Crippen LogP contribution in [0.1, 0.15) is 71.6 Å². The molecular weight excluding hydrogens is 460 g/mol. The van der Waals surface area contributed by atoms with Gasteiger partial charge in [-0.15, -0.1) is 6.58 Å². The first-order valence-corrected chi connectivity index (χ1v) is 13.7. The van der Waals surface area contributed by atoms with Crippen LogP contribution in [0.15, 0.2) is 25.3 Å². The molecule has 36 heavy (non-hydrogen) atoms. The van der Waals surface area contributed by atoms with Crippen molar-refractivity contribution < 1.29 is 29.0 Å². The van der Waals surface area contributed by atoms with Crippen LogP contribution in [-0.2, 0) is 23.9 Å². The molecule has 4 fully saturated rings. The van der Waals surface area contributed by atoms with Crippen molar-refractivity contribution in [3.05, 3.63) is 25.3 Å². The number of rotatable bonds is 11. The molecule has 0 radical (unpaired) electrons. The number of aliphatic hydroxyl groups is 1. The first-order valence-electron chi connectivity index (χ1n) is 13.7. The molecule has 3 heterocycles. The molecule has 1 N–H and O–H groups in total. The second-order valence-corrected chi connectivity index (χ2v) is 10.8. The van der Waals surface area contributed by atoms with Crippen LogP contribution in [0, 0.1) is 11.8 Å². The maximum atomic E-state index is 14.5. The van der Waals surface area contributed by atoms with Gasteiger partial charge in [-0.2, -0.15) is 0 Å². The van der Waals surface area contributed by atoms with Crippen LogP contribution in [0.5, 0.6) is 0 Å². The van der Waals surface area contributed by atoms with Gasteiger partial charge in [-0.1, -0.05) is 51.8 Å². The van der Waals surface area contributed by atoms with Crippen molar-refractivity contribution in [1.82, 2.24) is 9.80 Å². The Morgan fingerprint density at radius 3 is 2.53 bits per heavy atom. The van der Waals surface area contributed by atoms with E-state index in [1.807, 2.05) is 18.7 Å². The Morgan fingerprint density at radius 1 is 1.22 bits per heavy atom. The van der Waals surface area contributed by atoms with E-state index in [4.69, 9.17) is 9.47 Å². The number of amides is 2. The number of nitrogens with zero attached hydrogens (tertiary/aromatic N) is 2. The molecule has 0 aromatic carbocycles. The highest BCUT2D eigenvalue weighted by Gasteiger charge is 2.79. The largest absolute Gasteiger partial charge is 0.461 e. The second kappa shape index (κ2) is 10.7. The second-order valence-electron chi connectivity index (χ2n) is 10.8. The molecule has 3 aliphatic heterocycles. The topological polar surface area (TPSA) is 96.4 Å². The molecule has 0 aromatic rings. The summed E-state index contributed by atoms with van der Waals surface area (Å²) in [6.07, 6.45) is 10.5. The van der Waals surface area contributed by atoms with Gasteiger partial charge in [-0.05, 0) is 38.5 Å². The van der Waals surface area contributed by atoms with E-state index < -0.39 is 41.1 Å². The third-order valence-corrected chi connectivity index (χ3v) is 9.15. The number of ether oxygens (including phenoxy) is 2. The summed E-state index contributed by atoms with van der Waals surface area (Å²) in [5.74, 6) is -2.52. The van der Waals surface area contributed by atoms with Gasteiger partial charge in [0.15, 0.2) is 0 Å². The fourth-order valence-electron chi connectivity index (χ4n) is 7.44. The molecule has 2 unspecified atom stereocenters. The monoisotopic (exact) mass is 502 g/mol. The Bertz CT molecular complexity index is 881. The minimum absolute atomic E-state index is 0.0537. The van der Waals surface area contributed by atoms with E-state index in [1.165, 1.54) is 6.08 Å². The highest BCUT2D eigenvalue weighted by Crippen LogP contribution is 2.65. The number of hydrogen-bond acceptors (Lipinski definition) is 6. The molecule has 8 heteroatoms. The SMILES string of the molecule is C=CCOC(=O)[C@H]1[C@H]2C(=O)N([C@@H](CC)CO)C(C(=O)N(CC=C)C3CCCCC3)C23CC[C@]1(CC)O3. The normalized spacial score (nSPS) is 34.4. The highest BCUT2D eigenvalue weighted by atomic mass is 16.6. The van der Waals surface area contributed by atoms with Crippen LogP contribution >= 0.6 is 0 Å². The lowest BCUT2D eigenvalue weighted by Crippen LogP contribution is -2.60. The molecule has 2 bridgehead atoms. The number of aliphatic hydroxyl groups excluding tert-OH is 1. The minimum atomic E-state index is -1.11. The van der Waals surface area contributed by atoms with E-state index in [9.17, 15) is 19.5 Å². The summed E-state index contributed by atoms with van der Waals surface area (Å²) in [6, 6.07) is -1.34. The van der Waals surface area contributed by atoms with E-state index in [0.29, 0.717) is 32.2 Å². The third-order valence-electron chi connectivity index (χ3n) is 9.15. The summed E-state index contributed by atoms with van der Waals surface area (Å²) in [6.45, 7) is 11.6. The summed E-state index contributed by atoms with van der Waals surface area (Å²) in [4.78, 5) is 45.4. The summed E-state index contributed by atoms with van der Waals surface area (Å²) >= 11 is 0. The molecule has 3 saturated heterocycles. The van der Waals surface area contributed by atoms with Gasteiger partial charge in [-0.25, -0.2) is 0 Å². The van der Waals surface area contributed by atoms with Crippen LogP contribution in [0.2, 0.25) is 0 Å². The fourth-order valence-corrected chi connectivity index (χ4v) is 7.44. The summed E-state index contributed by atoms with van der Waals surface area (Å²) in [5, 5.41) is 10.2. The highest BCUT2D eigenvalue weighted by molar-refractivity contribution is 5.99. The first-order chi connectivity index (χ1) is 17.4. The summed E-state index contributed by atoms with van der Waals surface area (Å²) in [7, 11) is 0. The van der Waals surface area contributed by atoms with Crippen molar-refractivity contribution in [2.45, 2.75) is 101 Å². The molecule has 1 aliphatic carbocycles. The third kappa shape index (κ3) is 4.01. The predicted molar refractivity (Wildman–Crippen MR) is 135 cm³/mol. The quantitative estimate of drug-likeness (QED) is 0.345. The number of likely N-dealkylation sites (tertiary alicyclic amines) is 1. The average Bonchev–Trinajstić information content (AvgIpc) is 3.51. The maximum Gasteiger partial charge on any atom is 0.313 e. The first kappa shape index (κ1) is 26.9. The molecule has 4 aliphatic rings. The number of esters is 1. The maximum absolute atomic E-state index is 14.5. The summed E-state index contributed by atoms with van der Waals surface area (Å²) < 4.78 is 12.2. The van der Waals surface area contributed by atoms with E-state index in [0.717, 1.165) is 32.1 Å². The number of hydrogen-bond donors (Lipinski definition) is 1. The predicted octanol–water partition coefficient (Wildman–Crippen LogP) is 2.99. The number of fused-ring (bicyclic) bond motifs is 1. The zero-order chi connectivity index (χ0) is 26.1. The molecule has 8 nitrogen and oxygen atoms in total. The van der Waals surface area contributed by atoms with Gasteiger partial charge in [0.2, 0.25) is 11.8 Å². The molecule has 4 rings (SSSR count). The van der Waals surface area contributed by atoms with E-state index >= 15 is 0 Å². The van der Waals surface area contributed by atoms with Gasteiger partial charge in [0.05, 0.1) is 24.2 Å². The van der Waals surface area contributed by atoms with Crippen LogP contribution in [0.3, 0.4) is 0 Å². The zero-order valence-corrected chi connectivity index (χ0v) is 21.8. The minimum Gasteiger partial charge on any atom is -0.461 e. The van der Waals surface area contributed by atoms with Crippen molar-refractivity contribution in [2.24, 2.45) is 11.8 Å². The van der Waals surface area contributed by atoms with Gasteiger partial charge in [0.25, 0.3) is 0 Å². The Balaban J connectivity index is 1.80. The number of carbonyl (C=O) groups excluding carboxylic acids is 3. The van der Waals surface area contributed by atoms with Crippen molar-refractivity contribution in [2.75, 3.05) is 19.8 Å². The Hall–Kier alpha value is -2.19. The van der Waals surface area contributed by atoms with Gasteiger partial charge in [0, 0.05) is 12.6 Å². The smallest absolute Gasteiger partial charge is 0.313 e. The van der Waals surface area contributed by atoms with Crippen molar-refractivity contribution in [1.29, 1.82) is 0 Å². The van der Waals surface area contributed by atoms with Crippen molar-refractivity contribution in [3.63, 3.8) is 0 Å². The molecule has 0 aromatic heterocycles. The Labute approximate surface area is 214 Å². The molecule has 1 spiro atoms. The van der Waals surface area contributed by atoms with Gasteiger partial charge >= 0.3 is 5.97 Å². The molecule has 6 atom stereocenters. The van der Waals surface area contributed by atoms with Crippen LogP contribution < -0.4 is 0 Å². The zero-order valence-electron chi connectivity index (χ0n) is 21.8. The molecule has 2 amide bonds. The van der Waals surface area contributed by atoms with E-state index in [1.54, 1.807) is 11.0 Å². The molecule has 1 saturated carbocycles. The lowest BCUT2D eigenvalue weighted by atomic mass is 9.65. The van der Waals surface area contributed by atoms with E-state index in [-0.39, 0.29) is 31.1 Å². The standard InChI is InChI=1S/C28H42N2O6/c1-5-16-29(20-12-10-9-11-13-20)25(33)23-28-15-14-27(8-4,36-28)22(26(34)35-17-6-2)21(28)24(32)30(23)19(7-3)18-31/h5-6,19-23,31H,1-2,7-18H2,3-4H3/t19-,21-,22+,23?,27-,28?/m0/s1. The van der Waals surface area contributed by atoms with Gasteiger partial charge < -0.3 is 24.4 Å². The molecule has 200 valence electrons. The van der Waals surface area contributed by atoms with Crippen LogP contribution in [0.4, 0.5) is 0 Å². The fraction of sp³-hybridized carbons (Fsp3) is 0.750. The lowest BCUT2D eigenvalue weighted by Gasteiger charge is -2.42. The lowest BCUT2D eigenvalue weighted by molar-refractivity contribution is -0.163. The average molecular weight is 503 g/mol. The van der Waals surface area contributed by atoms with Crippen molar-refractivity contribution in [3.8, 4) is 0 Å². The molecular formula is C28H42N2O6. The van der Waals surface area contributed by atoms with E-state index in [2.05, 4.69) is 13.2 Å². The van der Waals surface area contributed by atoms with Crippen LogP contribution in [-0.4, -0.2) is 81.8 Å². The van der Waals surface area contributed by atoms with Crippen LogP contribution in [0.25, 0.3) is 0 Å².